The number of aromatic amines is 1. The molecule has 6 heteroatoms. The van der Waals surface area contributed by atoms with Gasteiger partial charge in [-0.05, 0) is 36.5 Å². The highest BCUT2D eigenvalue weighted by Gasteiger charge is 2.21. The minimum absolute atomic E-state index is 0.0117. The molecule has 2 aromatic carbocycles. The predicted octanol–water partition coefficient (Wildman–Crippen LogP) is 6.35. The lowest BCUT2D eigenvalue weighted by molar-refractivity contribution is -0.141. The molecule has 6 nitrogen and oxygen atoms in total. The van der Waals surface area contributed by atoms with E-state index in [-0.39, 0.29) is 18.4 Å². The van der Waals surface area contributed by atoms with Gasteiger partial charge in [0.05, 0.1) is 6.54 Å². The number of amides is 2. The Bertz CT molecular complexity index is 1100. The van der Waals surface area contributed by atoms with Gasteiger partial charge in [-0.25, -0.2) is 0 Å². The number of carbonyl (C=O) groups is 2. The summed E-state index contributed by atoms with van der Waals surface area (Å²) < 4.78 is 5.22. The van der Waals surface area contributed by atoms with Crippen LogP contribution in [0, 0.1) is 0 Å². The van der Waals surface area contributed by atoms with Crippen molar-refractivity contribution in [2.24, 2.45) is 0 Å². The fourth-order valence-electron chi connectivity index (χ4n) is 4.86. The molecule has 0 aliphatic carbocycles. The Morgan fingerprint density at radius 1 is 0.816 bits per heavy atom. The summed E-state index contributed by atoms with van der Waals surface area (Å²) in [5.74, 6) is 0.0589. The highest BCUT2D eigenvalue weighted by Crippen LogP contribution is 2.19. The van der Waals surface area contributed by atoms with Gasteiger partial charge in [0.1, 0.15) is 0 Å². The van der Waals surface area contributed by atoms with E-state index in [9.17, 15) is 9.59 Å². The van der Waals surface area contributed by atoms with E-state index in [2.05, 4.69) is 24.0 Å². The van der Waals surface area contributed by atoms with Gasteiger partial charge in [0, 0.05) is 56.9 Å². The van der Waals surface area contributed by atoms with E-state index < -0.39 is 0 Å². The van der Waals surface area contributed by atoms with Gasteiger partial charge in [-0.2, -0.15) is 0 Å². The lowest BCUT2D eigenvalue weighted by Crippen LogP contribution is -2.44. The molecular formula is C32H45N3O3. The zero-order valence-electron chi connectivity index (χ0n) is 23.3. The molecule has 1 aromatic heterocycles. The van der Waals surface area contributed by atoms with Crippen molar-refractivity contribution in [2.75, 3.05) is 33.4 Å². The molecule has 0 fully saturated rings. The molecule has 206 valence electrons. The van der Waals surface area contributed by atoms with Crippen LogP contribution in [0.5, 0.6) is 0 Å². The van der Waals surface area contributed by atoms with Crippen molar-refractivity contribution < 1.29 is 14.3 Å². The van der Waals surface area contributed by atoms with Crippen molar-refractivity contribution in [2.45, 2.75) is 71.3 Å². The van der Waals surface area contributed by atoms with E-state index in [1.807, 2.05) is 53.6 Å². The molecule has 0 saturated heterocycles. The number of benzene rings is 2. The smallest absolute Gasteiger partial charge is 0.242 e. The first-order valence-corrected chi connectivity index (χ1v) is 14.3. The number of hydrogen-bond acceptors (Lipinski definition) is 3. The average Bonchev–Trinajstić information content (AvgIpc) is 3.36. The van der Waals surface area contributed by atoms with Crippen LogP contribution >= 0.6 is 0 Å². The third-order valence-corrected chi connectivity index (χ3v) is 7.09. The number of aromatic nitrogens is 1. The van der Waals surface area contributed by atoms with Crippen molar-refractivity contribution in [1.29, 1.82) is 0 Å². The minimum Gasteiger partial charge on any atom is -0.385 e. The van der Waals surface area contributed by atoms with E-state index in [4.69, 9.17) is 4.74 Å². The summed E-state index contributed by atoms with van der Waals surface area (Å²) in [6, 6.07) is 18.3. The zero-order valence-corrected chi connectivity index (χ0v) is 23.3. The maximum absolute atomic E-state index is 13.7. The van der Waals surface area contributed by atoms with Crippen molar-refractivity contribution in [3.63, 3.8) is 0 Å². The summed E-state index contributed by atoms with van der Waals surface area (Å²) in [7, 11) is 1.67. The number of nitrogens with one attached hydrogen (secondary N) is 1. The summed E-state index contributed by atoms with van der Waals surface area (Å²) in [6.45, 7) is 4.55. The number of nitrogens with zero attached hydrogens (tertiary/aromatic N) is 2. The van der Waals surface area contributed by atoms with Crippen LogP contribution in [0.15, 0.2) is 60.8 Å². The molecule has 38 heavy (non-hydrogen) atoms. The molecule has 0 unspecified atom stereocenters. The number of carbonyl (C=O) groups excluding carboxylic acids is 2. The predicted molar refractivity (Wildman–Crippen MR) is 155 cm³/mol. The third-order valence-electron chi connectivity index (χ3n) is 7.09. The van der Waals surface area contributed by atoms with Crippen LogP contribution in [0.3, 0.4) is 0 Å². The minimum atomic E-state index is -0.0117. The average molecular weight is 520 g/mol. The van der Waals surface area contributed by atoms with E-state index >= 15 is 0 Å². The van der Waals surface area contributed by atoms with Gasteiger partial charge >= 0.3 is 0 Å². The molecule has 1 heterocycles. The summed E-state index contributed by atoms with van der Waals surface area (Å²) >= 11 is 0. The molecular weight excluding hydrogens is 474 g/mol. The fourth-order valence-corrected chi connectivity index (χ4v) is 4.86. The van der Waals surface area contributed by atoms with Crippen molar-refractivity contribution >= 4 is 22.7 Å². The van der Waals surface area contributed by atoms with E-state index in [1.54, 1.807) is 12.0 Å². The molecule has 0 spiro atoms. The van der Waals surface area contributed by atoms with Gasteiger partial charge in [-0.1, -0.05) is 87.6 Å². The quantitative estimate of drug-likeness (QED) is 0.199. The SMILES string of the molecule is CCCCCCCCC(=O)N(CCCOC)CC(=O)N(CCc1c[nH]c2ccccc12)Cc1ccccc1. The summed E-state index contributed by atoms with van der Waals surface area (Å²) in [6.07, 6.45) is 10.8. The van der Waals surface area contributed by atoms with Gasteiger partial charge < -0.3 is 19.5 Å². The van der Waals surface area contributed by atoms with Crippen LogP contribution in [0.25, 0.3) is 10.9 Å². The van der Waals surface area contributed by atoms with E-state index in [1.165, 1.54) is 36.6 Å². The number of ether oxygens (including phenoxy) is 1. The Morgan fingerprint density at radius 2 is 1.55 bits per heavy atom. The second-order valence-corrected chi connectivity index (χ2v) is 10.1. The lowest BCUT2D eigenvalue weighted by Gasteiger charge is -2.28. The van der Waals surface area contributed by atoms with E-state index in [0.717, 1.165) is 36.8 Å². The lowest BCUT2D eigenvalue weighted by atomic mass is 10.1. The first-order chi connectivity index (χ1) is 18.6. The second-order valence-electron chi connectivity index (χ2n) is 10.1. The molecule has 0 atom stereocenters. The van der Waals surface area contributed by atoms with Crippen molar-refractivity contribution in [3.8, 4) is 0 Å². The van der Waals surface area contributed by atoms with Crippen LogP contribution < -0.4 is 0 Å². The van der Waals surface area contributed by atoms with Crippen LogP contribution in [-0.2, 0) is 27.3 Å². The maximum Gasteiger partial charge on any atom is 0.242 e. The van der Waals surface area contributed by atoms with Crippen LogP contribution in [0.2, 0.25) is 0 Å². The van der Waals surface area contributed by atoms with Crippen molar-refractivity contribution in [1.82, 2.24) is 14.8 Å². The molecule has 0 bridgehead atoms. The number of fused-ring (bicyclic) bond motifs is 1. The fraction of sp³-hybridized carbons (Fsp3) is 0.500. The van der Waals surface area contributed by atoms with Gasteiger partial charge in [-0.3, -0.25) is 9.59 Å². The highest BCUT2D eigenvalue weighted by molar-refractivity contribution is 5.85. The number of rotatable bonds is 18. The highest BCUT2D eigenvalue weighted by atomic mass is 16.5. The molecule has 0 aliphatic rings. The molecule has 2 amide bonds. The number of hydrogen-bond donors (Lipinski definition) is 1. The normalized spacial score (nSPS) is 11.1. The molecule has 1 N–H and O–H groups in total. The number of para-hydroxylation sites is 1. The van der Waals surface area contributed by atoms with E-state index in [0.29, 0.717) is 32.7 Å². The monoisotopic (exact) mass is 519 g/mol. The first-order valence-electron chi connectivity index (χ1n) is 14.3. The number of H-pyrrole nitrogens is 1. The number of unbranched alkanes of at least 4 members (excludes halogenated alkanes) is 5. The summed E-state index contributed by atoms with van der Waals surface area (Å²) in [5.41, 5.74) is 3.39. The molecule has 3 rings (SSSR count). The van der Waals surface area contributed by atoms with Gasteiger partial charge in [0.25, 0.3) is 0 Å². The Hall–Kier alpha value is -3.12. The molecule has 3 aromatic rings. The molecule has 0 saturated carbocycles. The summed E-state index contributed by atoms with van der Waals surface area (Å²) in [4.78, 5) is 33.8. The Morgan fingerprint density at radius 3 is 2.34 bits per heavy atom. The van der Waals surface area contributed by atoms with Crippen molar-refractivity contribution in [3.05, 3.63) is 71.9 Å². The molecule has 0 aliphatic heterocycles. The zero-order chi connectivity index (χ0) is 27.0. The topological polar surface area (TPSA) is 65.6 Å². The van der Waals surface area contributed by atoms with Gasteiger partial charge in [0.15, 0.2) is 0 Å². The Balaban J connectivity index is 1.66. The van der Waals surface area contributed by atoms with Gasteiger partial charge in [0.2, 0.25) is 11.8 Å². The number of methoxy groups -OCH3 is 1. The van der Waals surface area contributed by atoms with Crippen LogP contribution in [0.4, 0.5) is 0 Å². The standard InChI is InChI=1S/C32H45N3O3/c1-3-4-5-6-7-11-19-31(36)34(21-14-23-38-2)26-32(37)35(25-27-15-9-8-10-16-27)22-20-28-24-33-30-18-13-12-17-29(28)30/h8-10,12-13,15-18,24,33H,3-7,11,14,19-23,25-26H2,1-2H3. The summed E-state index contributed by atoms with van der Waals surface area (Å²) in [5, 5.41) is 1.19. The van der Waals surface area contributed by atoms with Crippen LogP contribution in [0.1, 0.15) is 69.4 Å². The Labute approximate surface area is 228 Å². The largest absolute Gasteiger partial charge is 0.385 e. The van der Waals surface area contributed by atoms with Crippen LogP contribution in [-0.4, -0.2) is 59.9 Å². The maximum atomic E-state index is 13.7. The van der Waals surface area contributed by atoms with Gasteiger partial charge in [-0.15, -0.1) is 0 Å². The first kappa shape index (κ1) is 29.4. The third kappa shape index (κ3) is 9.64. The Kier molecular flexibility index (Phi) is 12.9. The second kappa shape index (κ2) is 16.7. The molecule has 0 radical (unpaired) electrons.